The van der Waals surface area contributed by atoms with Crippen LogP contribution in [0, 0.1) is 11.3 Å². The molecule has 3 aliphatic rings. The van der Waals surface area contributed by atoms with Gasteiger partial charge in [-0.2, -0.15) is 15.2 Å². The Kier molecular flexibility index (Phi) is 7.15. The molecule has 0 radical (unpaired) electrons. The van der Waals surface area contributed by atoms with Gasteiger partial charge in [0, 0.05) is 62.3 Å². The summed E-state index contributed by atoms with van der Waals surface area (Å²) in [6, 6.07) is 15.0. The van der Waals surface area contributed by atoms with Gasteiger partial charge in [0.25, 0.3) is 0 Å². The summed E-state index contributed by atoms with van der Waals surface area (Å²) in [5.41, 5.74) is 3.17. The lowest BCUT2D eigenvalue weighted by molar-refractivity contribution is -0.127. The van der Waals surface area contributed by atoms with Crippen LogP contribution in [-0.2, 0) is 17.8 Å². The van der Waals surface area contributed by atoms with Gasteiger partial charge in [-0.05, 0) is 30.4 Å². The predicted molar refractivity (Wildman–Crippen MR) is 151 cm³/mol. The summed E-state index contributed by atoms with van der Waals surface area (Å²) < 4.78 is 6.16. The lowest BCUT2D eigenvalue weighted by atomic mass is 10.0. The van der Waals surface area contributed by atoms with Gasteiger partial charge in [0.2, 0.25) is 5.91 Å². The van der Waals surface area contributed by atoms with Crippen LogP contribution in [0.2, 0.25) is 5.02 Å². The maximum absolute atomic E-state index is 12.0. The first kappa shape index (κ1) is 25.7. The summed E-state index contributed by atoms with van der Waals surface area (Å²) >= 11 is 6.66. The maximum Gasteiger partial charge on any atom is 0.318 e. The molecule has 1 aromatic heterocycles. The number of rotatable bonds is 6. The Hall–Kier alpha value is -3.61. The first-order chi connectivity index (χ1) is 19.0. The van der Waals surface area contributed by atoms with E-state index in [1.807, 2.05) is 19.2 Å². The van der Waals surface area contributed by atoms with E-state index < -0.39 is 0 Å². The van der Waals surface area contributed by atoms with Crippen molar-refractivity contribution in [1.82, 2.24) is 20.2 Å². The number of hydrogen-bond donors (Lipinski definition) is 1. The number of carbonyl (C=O) groups excluding carboxylic acids is 1. The van der Waals surface area contributed by atoms with Crippen molar-refractivity contribution in [1.29, 1.82) is 5.26 Å². The molecular weight excluding hydrogens is 514 g/mol. The van der Waals surface area contributed by atoms with E-state index in [0.717, 1.165) is 71.0 Å². The predicted octanol–water partition coefficient (Wildman–Crippen LogP) is 3.54. The van der Waals surface area contributed by atoms with Crippen LogP contribution in [0.5, 0.6) is 6.01 Å². The number of anilines is 2. The Morgan fingerprint density at radius 2 is 2.00 bits per heavy atom. The van der Waals surface area contributed by atoms with Crippen molar-refractivity contribution in [2.75, 3.05) is 49.6 Å². The van der Waals surface area contributed by atoms with Crippen LogP contribution < -0.4 is 19.9 Å². The van der Waals surface area contributed by atoms with E-state index in [0.29, 0.717) is 38.5 Å². The van der Waals surface area contributed by atoms with Crippen molar-refractivity contribution in [3.8, 4) is 12.1 Å². The van der Waals surface area contributed by atoms with E-state index in [4.69, 9.17) is 26.3 Å². The molecule has 10 heteroatoms. The summed E-state index contributed by atoms with van der Waals surface area (Å²) in [4.78, 5) is 28.2. The fourth-order valence-electron chi connectivity index (χ4n) is 5.95. The van der Waals surface area contributed by atoms with Gasteiger partial charge in [-0.15, -0.1) is 0 Å². The van der Waals surface area contributed by atoms with E-state index in [-0.39, 0.29) is 18.0 Å². The van der Waals surface area contributed by atoms with Crippen LogP contribution in [0.3, 0.4) is 0 Å². The van der Waals surface area contributed by atoms with Crippen molar-refractivity contribution in [2.24, 2.45) is 0 Å². The molecule has 202 valence electrons. The standard InChI is InChI=1S/C29H32ClN7O2/c1-35-21(8-9-26(35)38)18-39-29-33-24-17-36(25-7-3-5-19-4-2-6-23(30)27(19)25)14-11-22(24)28(34-29)37-15-13-32-20(16-37)10-12-31/h2-7,20-21,32H,8-11,13-18H2,1H3/t20-,21?/m0/s1. The van der Waals surface area contributed by atoms with Gasteiger partial charge >= 0.3 is 6.01 Å². The van der Waals surface area contributed by atoms with Crippen LogP contribution in [-0.4, -0.2) is 72.7 Å². The second-order valence-electron chi connectivity index (χ2n) is 10.5. The van der Waals surface area contributed by atoms with E-state index in [2.05, 4.69) is 45.5 Å². The highest BCUT2D eigenvalue weighted by Crippen LogP contribution is 2.37. The van der Waals surface area contributed by atoms with Crippen molar-refractivity contribution in [3.05, 3.63) is 52.7 Å². The number of benzene rings is 2. The Morgan fingerprint density at radius 3 is 2.79 bits per heavy atom. The highest BCUT2D eigenvalue weighted by atomic mass is 35.5. The quantitative estimate of drug-likeness (QED) is 0.502. The summed E-state index contributed by atoms with van der Waals surface area (Å²) in [7, 11) is 1.83. The molecule has 39 heavy (non-hydrogen) atoms. The lowest BCUT2D eigenvalue weighted by Crippen LogP contribution is -2.51. The van der Waals surface area contributed by atoms with Crippen molar-refractivity contribution >= 4 is 39.8 Å². The lowest BCUT2D eigenvalue weighted by Gasteiger charge is -2.37. The van der Waals surface area contributed by atoms with Crippen LogP contribution >= 0.6 is 11.6 Å². The Morgan fingerprint density at radius 1 is 1.15 bits per heavy atom. The molecule has 1 N–H and O–H groups in total. The van der Waals surface area contributed by atoms with Gasteiger partial charge in [-0.25, -0.2) is 0 Å². The number of nitrogens with zero attached hydrogens (tertiary/aromatic N) is 6. The van der Waals surface area contributed by atoms with Crippen molar-refractivity contribution in [3.63, 3.8) is 0 Å². The molecule has 2 atom stereocenters. The molecule has 6 rings (SSSR count). The van der Waals surface area contributed by atoms with Crippen molar-refractivity contribution in [2.45, 2.75) is 44.3 Å². The summed E-state index contributed by atoms with van der Waals surface area (Å²) in [5, 5.41) is 15.6. The molecule has 3 aromatic rings. The number of nitrogens with one attached hydrogen (secondary N) is 1. The average Bonchev–Trinajstić information content (AvgIpc) is 3.28. The van der Waals surface area contributed by atoms with Gasteiger partial charge in [-0.1, -0.05) is 35.9 Å². The molecule has 3 aliphatic heterocycles. The monoisotopic (exact) mass is 545 g/mol. The van der Waals surface area contributed by atoms with Gasteiger partial charge < -0.3 is 24.8 Å². The number of carbonyl (C=O) groups is 1. The van der Waals surface area contributed by atoms with E-state index in [1.165, 1.54) is 0 Å². The van der Waals surface area contributed by atoms with Crippen LogP contribution in [0.15, 0.2) is 36.4 Å². The molecule has 1 unspecified atom stereocenters. The number of aromatic nitrogens is 2. The van der Waals surface area contributed by atoms with Gasteiger partial charge in [-0.3, -0.25) is 4.79 Å². The van der Waals surface area contributed by atoms with Gasteiger partial charge in [0.15, 0.2) is 0 Å². The number of likely N-dealkylation sites (tertiary alicyclic amines) is 1. The highest BCUT2D eigenvalue weighted by Gasteiger charge is 2.31. The third kappa shape index (κ3) is 5.07. The largest absolute Gasteiger partial charge is 0.461 e. The maximum atomic E-state index is 12.0. The third-order valence-corrected chi connectivity index (χ3v) is 8.44. The number of hydrogen-bond acceptors (Lipinski definition) is 8. The number of nitriles is 1. The van der Waals surface area contributed by atoms with E-state index >= 15 is 0 Å². The van der Waals surface area contributed by atoms with Gasteiger partial charge in [0.05, 0.1) is 35.8 Å². The molecule has 0 spiro atoms. The zero-order chi connectivity index (χ0) is 26.9. The number of piperazine rings is 1. The normalized spacial score (nSPS) is 21.3. The minimum absolute atomic E-state index is 0.0223. The minimum Gasteiger partial charge on any atom is -0.461 e. The first-order valence-electron chi connectivity index (χ1n) is 13.6. The molecule has 4 heterocycles. The highest BCUT2D eigenvalue weighted by molar-refractivity contribution is 6.36. The summed E-state index contributed by atoms with van der Waals surface area (Å²) in [5.74, 6) is 1.04. The number of halogens is 1. The summed E-state index contributed by atoms with van der Waals surface area (Å²) in [6.07, 6.45) is 2.56. The average molecular weight is 546 g/mol. The van der Waals surface area contributed by atoms with Crippen LogP contribution in [0.4, 0.5) is 11.5 Å². The Labute approximate surface area is 233 Å². The number of likely N-dealkylation sites (N-methyl/N-ethyl adjacent to an activating group) is 1. The molecule has 2 aromatic carbocycles. The van der Waals surface area contributed by atoms with Crippen molar-refractivity contribution < 1.29 is 9.53 Å². The smallest absolute Gasteiger partial charge is 0.318 e. The van der Waals surface area contributed by atoms with Crippen LogP contribution in [0.25, 0.3) is 10.8 Å². The Bertz CT molecular complexity index is 1440. The number of fused-ring (bicyclic) bond motifs is 2. The molecule has 2 saturated heterocycles. The fourth-order valence-corrected chi connectivity index (χ4v) is 6.23. The van der Waals surface area contributed by atoms with E-state index in [9.17, 15) is 10.1 Å². The topological polar surface area (TPSA) is 97.6 Å². The molecule has 2 fully saturated rings. The molecule has 0 aliphatic carbocycles. The Balaban J connectivity index is 1.33. The van der Waals surface area contributed by atoms with Crippen LogP contribution in [0.1, 0.15) is 30.5 Å². The summed E-state index contributed by atoms with van der Waals surface area (Å²) in [6.45, 7) is 4.09. The molecular formula is C29H32ClN7O2. The molecule has 1 amide bonds. The van der Waals surface area contributed by atoms with Gasteiger partial charge in [0.1, 0.15) is 12.4 Å². The second kappa shape index (κ2) is 10.9. The zero-order valence-corrected chi connectivity index (χ0v) is 22.8. The molecule has 9 nitrogen and oxygen atoms in total. The second-order valence-corrected chi connectivity index (χ2v) is 10.9. The van der Waals surface area contributed by atoms with E-state index in [1.54, 1.807) is 4.90 Å². The minimum atomic E-state index is 0.0223. The number of ether oxygens (including phenoxy) is 1. The third-order valence-electron chi connectivity index (χ3n) is 8.13. The first-order valence-corrected chi connectivity index (χ1v) is 14.0. The zero-order valence-electron chi connectivity index (χ0n) is 22.1. The SMILES string of the molecule is CN1C(=O)CCC1COc1nc2c(c(N3CCN[C@@H](CC#N)C3)n1)CCN(c1cccc3cccc(Cl)c13)C2. The number of amides is 1. The molecule has 0 bridgehead atoms. The fraction of sp³-hybridized carbons (Fsp3) is 0.448. The molecule has 0 saturated carbocycles.